The number of aliphatic hydroxyl groups excluding tert-OH is 1. The standard InChI is InChI=1S/C42H62N4O9/c1-28(2)23-35(36(48)24-32(47)20-14-19-30-15-10-8-11-16-30)44-40(51)33(29(3)4)25-37(49)34(45-41(52)53-27-31-17-12-9-13-18-31)21-22-54-46-38(43)26-39(50)55-42(5,6)7/h8-13,15-18,28-29,33-36,48H,14,19-27H2,1-7H3,(H2,43,46)(H,44,51)(H,45,52)/t33-,34-,35-,36-/m0/s1. The summed E-state index contributed by atoms with van der Waals surface area (Å²) in [5.41, 5.74) is 7.01. The van der Waals surface area contributed by atoms with Gasteiger partial charge in [0.05, 0.1) is 18.2 Å². The number of carbonyl (C=O) groups excluding carboxylic acids is 5. The van der Waals surface area contributed by atoms with Crippen LogP contribution in [-0.2, 0) is 46.5 Å². The van der Waals surface area contributed by atoms with Gasteiger partial charge in [0.15, 0.2) is 11.6 Å². The predicted octanol–water partition coefficient (Wildman–Crippen LogP) is 5.80. The second-order valence-electron chi connectivity index (χ2n) is 15.6. The van der Waals surface area contributed by atoms with Gasteiger partial charge < -0.3 is 35.8 Å². The number of nitrogens with zero attached hydrogens (tertiary/aromatic N) is 1. The van der Waals surface area contributed by atoms with Crippen LogP contribution in [0.2, 0.25) is 0 Å². The highest BCUT2D eigenvalue weighted by molar-refractivity contribution is 5.96. The van der Waals surface area contributed by atoms with Gasteiger partial charge in [0, 0.05) is 31.6 Å². The van der Waals surface area contributed by atoms with Crippen LogP contribution in [0.3, 0.4) is 0 Å². The van der Waals surface area contributed by atoms with E-state index in [4.69, 9.17) is 20.0 Å². The van der Waals surface area contributed by atoms with Gasteiger partial charge in [-0.15, -0.1) is 0 Å². The van der Waals surface area contributed by atoms with Crippen molar-refractivity contribution in [1.29, 1.82) is 0 Å². The van der Waals surface area contributed by atoms with Gasteiger partial charge in [-0.1, -0.05) is 93.5 Å². The van der Waals surface area contributed by atoms with Crippen LogP contribution in [0.15, 0.2) is 65.8 Å². The average molecular weight is 767 g/mol. The number of nitrogens with one attached hydrogen (secondary N) is 2. The van der Waals surface area contributed by atoms with Gasteiger partial charge in [0.25, 0.3) is 0 Å². The van der Waals surface area contributed by atoms with Crippen LogP contribution in [-0.4, -0.2) is 70.9 Å². The van der Waals surface area contributed by atoms with E-state index in [-0.39, 0.29) is 62.4 Å². The Morgan fingerprint density at radius 1 is 0.873 bits per heavy atom. The lowest BCUT2D eigenvalue weighted by Gasteiger charge is -2.29. The normalized spacial score (nSPS) is 14.0. The highest BCUT2D eigenvalue weighted by Crippen LogP contribution is 2.21. The van der Waals surface area contributed by atoms with Crippen LogP contribution >= 0.6 is 0 Å². The Hall–Kier alpha value is -4.78. The molecule has 5 N–H and O–H groups in total. The summed E-state index contributed by atoms with van der Waals surface area (Å²) < 4.78 is 10.6. The van der Waals surface area contributed by atoms with Crippen molar-refractivity contribution in [3.63, 3.8) is 0 Å². The first-order chi connectivity index (χ1) is 25.9. The minimum absolute atomic E-state index is 0.0261. The predicted molar refractivity (Wildman–Crippen MR) is 211 cm³/mol. The van der Waals surface area contributed by atoms with Crippen LogP contribution in [0.5, 0.6) is 0 Å². The Labute approximate surface area is 326 Å². The molecule has 0 fully saturated rings. The number of carbonyl (C=O) groups is 5. The number of amidine groups is 1. The van der Waals surface area contributed by atoms with Crippen molar-refractivity contribution in [3.8, 4) is 0 Å². The Morgan fingerprint density at radius 3 is 2.07 bits per heavy atom. The second kappa shape index (κ2) is 23.9. The molecule has 2 amide bonds. The first-order valence-electron chi connectivity index (χ1n) is 19.1. The zero-order valence-electron chi connectivity index (χ0n) is 33.5. The Kier molecular flexibility index (Phi) is 20.1. The zero-order chi connectivity index (χ0) is 41.0. The summed E-state index contributed by atoms with van der Waals surface area (Å²) in [5, 5.41) is 20.4. The van der Waals surface area contributed by atoms with E-state index in [0.717, 1.165) is 17.5 Å². The molecule has 4 atom stereocenters. The number of Topliss-reactive ketones (excluding diaryl/α,β-unsaturated/α-hetero) is 2. The molecule has 0 saturated heterocycles. The highest BCUT2D eigenvalue weighted by atomic mass is 16.6. The lowest BCUT2D eigenvalue weighted by molar-refractivity contribution is -0.153. The van der Waals surface area contributed by atoms with E-state index in [9.17, 15) is 29.1 Å². The quantitative estimate of drug-likeness (QED) is 0.0334. The molecule has 0 radical (unpaired) electrons. The Bertz CT molecular complexity index is 1520. The summed E-state index contributed by atoms with van der Waals surface area (Å²) in [7, 11) is 0. The maximum absolute atomic E-state index is 13.8. The van der Waals surface area contributed by atoms with Crippen molar-refractivity contribution >= 4 is 35.4 Å². The lowest BCUT2D eigenvalue weighted by Crippen LogP contribution is -2.49. The van der Waals surface area contributed by atoms with Crippen molar-refractivity contribution in [2.24, 2.45) is 28.6 Å². The van der Waals surface area contributed by atoms with E-state index in [2.05, 4.69) is 15.8 Å². The number of aryl methyl sites for hydroxylation is 1. The minimum atomic E-state index is -1.12. The monoisotopic (exact) mass is 766 g/mol. The molecule has 0 saturated carbocycles. The third-order valence-corrected chi connectivity index (χ3v) is 8.60. The molecule has 0 aliphatic heterocycles. The number of rotatable bonds is 24. The fourth-order valence-electron chi connectivity index (χ4n) is 5.79. The number of ether oxygens (including phenoxy) is 2. The maximum atomic E-state index is 13.8. The van der Waals surface area contributed by atoms with E-state index in [1.54, 1.807) is 32.9 Å². The number of ketones is 2. The second-order valence-corrected chi connectivity index (χ2v) is 15.6. The van der Waals surface area contributed by atoms with Crippen LogP contribution in [0.4, 0.5) is 4.79 Å². The number of benzene rings is 2. The fourth-order valence-corrected chi connectivity index (χ4v) is 5.79. The molecule has 0 aliphatic carbocycles. The summed E-state index contributed by atoms with van der Waals surface area (Å²) in [6.07, 6.45) is -0.483. The summed E-state index contributed by atoms with van der Waals surface area (Å²) >= 11 is 0. The molecule has 0 aromatic heterocycles. The van der Waals surface area contributed by atoms with E-state index in [0.29, 0.717) is 19.3 Å². The summed E-state index contributed by atoms with van der Waals surface area (Å²) in [6, 6.07) is 17.1. The minimum Gasteiger partial charge on any atom is -0.460 e. The van der Waals surface area contributed by atoms with E-state index in [1.165, 1.54) is 0 Å². The number of aliphatic hydroxyl groups is 1. The van der Waals surface area contributed by atoms with Gasteiger partial charge in [-0.2, -0.15) is 0 Å². The Balaban J connectivity index is 2.10. The van der Waals surface area contributed by atoms with E-state index < -0.39 is 53.5 Å². The van der Waals surface area contributed by atoms with E-state index in [1.807, 2.05) is 76.2 Å². The lowest BCUT2D eigenvalue weighted by atomic mass is 9.86. The fraction of sp³-hybridized carbons (Fsp3) is 0.571. The molecular formula is C42H62N4O9. The number of esters is 1. The number of amides is 2. The maximum Gasteiger partial charge on any atom is 0.408 e. The largest absolute Gasteiger partial charge is 0.460 e. The van der Waals surface area contributed by atoms with Gasteiger partial charge in [0.2, 0.25) is 5.91 Å². The van der Waals surface area contributed by atoms with Gasteiger partial charge in [-0.05, 0) is 63.0 Å². The SMILES string of the molecule is CC(C)C[C@H](NC(=O)[C@@H](CC(=O)[C@H](CCON=C(N)CC(=O)OC(C)(C)C)NC(=O)OCc1ccccc1)C(C)C)[C@@H](O)CC(=O)CCCc1ccccc1. The first-order valence-corrected chi connectivity index (χ1v) is 19.1. The van der Waals surface area contributed by atoms with Gasteiger partial charge in [-0.3, -0.25) is 19.2 Å². The van der Waals surface area contributed by atoms with E-state index >= 15 is 0 Å². The molecule has 0 bridgehead atoms. The molecular weight excluding hydrogens is 704 g/mol. The summed E-state index contributed by atoms with van der Waals surface area (Å²) in [5.74, 6) is -2.70. The third kappa shape index (κ3) is 19.9. The van der Waals surface area contributed by atoms with Crippen molar-refractivity contribution < 1.29 is 43.4 Å². The topological polar surface area (TPSA) is 196 Å². The first kappa shape index (κ1) is 46.4. The van der Waals surface area contributed by atoms with Crippen LogP contribution < -0.4 is 16.4 Å². The molecule has 0 aliphatic rings. The molecule has 55 heavy (non-hydrogen) atoms. The molecule has 304 valence electrons. The number of alkyl carbamates (subject to hydrolysis) is 1. The molecule has 2 aromatic rings. The summed E-state index contributed by atoms with van der Waals surface area (Å²) in [4.78, 5) is 70.6. The number of nitrogens with two attached hydrogens (primary N) is 1. The van der Waals surface area contributed by atoms with Crippen molar-refractivity contribution in [1.82, 2.24) is 10.6 Å². The number of hydrogen-bond acceptors (Lipinski definition) is 10. The van der Waals surface area contributed by atoms with Crippen LogP contribution in [0, 0.1) is 17.8 Å². The zero-order valence-corrected chi connectivity index (χ0v) is 33.5. The number of oxime groups is 1. The van der Waals surface area contributed by atoms with Crippen molar-refractivity contribution in [2.45, 2.75) is 130 Å². The molecule has 0 unspecified atom stereocenters. The Morgan fingerprint density at radius 2 is 1.49 bits per heavy atom. The van der Waals surface area contributed by atoms with Crippen molar-refractivity contribution in [2.75, 3.05) is 6.61 Å². The molecule has 2 rings (SSSR count). The van der Waals surface area contributed by atoms with Gasteiger partial charge >= 0.3 is 12.1 Å². The number of hydrogen-bond donors (Lipinski definition) is 4. The van der Waals surface area contributed by atoms with Gasteiger partial charge in [-0.25, -0.2) is 4.79 Å². The third-order valence-electron chi connectivity index (χ3n) is 8.60. The highest BCUT2D eigenvalue weighted by Gasteiger charge is 2.33. The summed E-state index contributed by atoms with van der Waals surface area (Å²) in [6.45, 7) is 12.5. The van der Waals surface area contributed by atoms with Crippen molar-refractivity contribution in [3.05, 3.63) is 71.8 Å². The van der Waals surface area contributed by atoms with Crippen LogP contribution in [0.1, 0.15) is 105 Å². The molecule has 2 aromatic carbocycles. The average Bonchev–Trinajstić information content (AvgIpc) is 3.10. The van der Waals surface area contributed by atoms with Gasteiger partial charge in [0.1, 0.15) is 31.0 Å². The molecule has 13 heteroatoms. The molecule has 0 heterocycles. The molecule has 13 nitrogen and oxygen atoms in total. The smallest absolute Gasteiger partial charge is 0.408 e. The van der Waals surface area contributed by atoms with Crippen LogP contribution in [0.25, 0.3) is 0 Å². The molecule has 0 spiro atoms.